The smallest absolute Gasteiger partial charge is 0.191 e. The molecule has 0 amide bonds. The van der Waals surface area contributed by atoms with Crippen molar-refractivity contribution in [2.75, 3.05) is 13.1 Å². The molecule has 0 radical (unpaired) electrons. The number of aromatic nitrogens is 3. The van der Waals surface area contributed by atoms with E-state index in [0.717, 1.165) is 31.3 Å². The third-order valence-corrected chi connectivity index (χ3v) is 5.31. The minimum absolute atomic E-state index is 0. The highest BCUT2D eigenvalue weighted by Gasteiger charge is 2.14. The summed E-state index contributed by atoms with van der Waals surface area (Å²) in [5, 5.41) is 14.9. The molecule has 0 spiro atoms. The molecule has 2 N–H and O–H groups in total. The molecule has 0 aliphatic heterocycles. The lowest BCUT2D eigenvalue weighted by atomic mass is 9.89. The topological polar surface area (TPSA) is 67.1 Å². The van der Waals surface area contributed by atoms with E-state index in [0.29, 0.717) is 24.6 Å². The number of aliphatic imine (C=N–C) groups is 1. The monoisotopic (exact) mass is 514 g/mol. The fraction of sp³-hybridized carbons (Fsp3) is 0.571. The van der Waals surface area contributed by atoms with Crippen LogP contribution in [0.1, 0.15) is 50.4 Å². The fourth-order valence-electron chi connectivity index (χ4n) is 3.63. The molecule has 160 valence electrons. The molecule has 0 bridgehead atoms. The maximum absolute atomic E-state index is 13.9. The van der Waals surface area contributed by atoms with E-state index in [1.54, 1.807) is 18.5 Å². The van der Waals surface area contributed by atoms with Crippen LogP contribution < -0.4 is 10.6 Å². The molecular weight excluding hydrogens is 482 g/mol. The number of nitrogens with one attached hydrogen (secondary N) is 2. The SMILES string of the molecule is CCc1nncn1CCNC(=NCc1ccccc1F)NCC1CCCCC1.I. The predicted octanol–water partition coefficient (Wildman–Crippen LogP) is 3.91. The van der Waals surface area contributed by atoms with E-state index in [9.17, 15) is 4.39 Å². The van der Waals surface area contributed by atoms with Gasteiger partial charge in [0, 0.05) is 31.6 Å². The number of guanidine groups is 1. The first-order valence-electron chi connectivity index (χ1n) is 10.4. The summed E-state index contributed by atoms with van der Waals surface area (Å²) in [6, 6.07) is 6.80. The van der Waals surface area contributed by atoms with Crippen LogP contribution in [0.25, 0.3) is 0 Å². The molecule has 1 fully saturated rings. The Morgan fingerprint density at radius 3 is 2.76 bits per heavy atom. The van der Waals surface area contributed by atoms with Gasteiger partial charge < -0.3 is 15.2 Å². The van der Waals surface area contributed by atoms with Gasteiger partial charge in [-0.25, -0.2) is 9.38 Å². The Morgan fingerprint density at radius 1 is 1.21 bits per heavy atom. The summed E-state index contributed by atoms with van der Waals surface area (Å²) >= 11 is 0. The molecule has 8 heteroatoms. The number of hydrogen-bond donors (Lipinski definition) is 2. The molecule has 1 aliphatic rings. The van der Waals surface area contributed by atoms with E-state index in [2.05, 4.69) is 32.7 Å². The first-order valence-corrected chi connectivity index (χ1v) is 10.4. The van der Waals surface area contributed by atoms with Gasteiger partial charge in [-0.05, 0) is 24.8 Å². The lowest BCUT2D eigenvalue weighted by Crippen LogP contribution is -2.41. The van der Waals surface area contributed by atoms with Gasteiger partial charge in [0.05, 0.1) is 6.54 Å². The Morgan fingerprint density at radius 2 is 2.00 bits per heavy atom. The molecule has 6 nitrogen and oxygen atoms in total. The summed E-state index contributed by atoms with van der Waals surface area (Å²) in [6.07, 6.45) is 9.13. The molecule has 3 rings (SSSR count). The average Bonchev–Trinajstić information content (AvgIpc) is 3.19. The van der Waals surface area contributed by atoms with Crippen molar-refractivity contribution in [3.8, 4) is 0 Å². The van der Waals surface area contributed by atoms with Gasteiger partial charge in [0.15, 0.2) is 5.96 Å². The van der Waals surface area contributed by atoms with Gasteiger partial charge in [0.1, 0.15) is 18.0 Å². The third-order valence-electron chi connectivity index (χ3n) is 5.31. The normalized spacial score (nSPS) is 15.0. The van der Waals surface area contributed by atoms with Gasteiger partial charge in [-0.3, -0.25) is 0 Å². The fourth-order valence-corrected chi connectivity index (χ4v) is 3.63. The van der Waals surface area contributed by atoms with Crippen LogP contribution >= 0.6 is 24.0 Å². The average molecular weight is 514 g/mol. The van der Waals surface area contributed by atoms with E-state index in [4.69, 9.17) is 0 Å². The molecule has 0 saturated heterocycles. The van der Waals surface area contributed by atoms with Gasteiger partial charge in [0.25, 0.3) is 0 Å². The van der Waals surface area contributed by atoms with Crippen molar-refractivity contribution in [2.24, 2.45) is 10.9 Å². The van der Waals surface area contributed by atoms with Crippen LogP contribution in [0.4, 0.5) is 4.39 Å². The number of nitrogens with zero attached hydrogens (tertiary/aromatic N) is 4. The molecule has 1 heterocycles. The van der Waals surface area contributed by atoms with Crippen molar-refractivity contribution in [1.82, 2.24) is 25.4 Å². The summed E-state index contributed by atoms with van der Waals surface area (Å²) in [5.41, 5.74) is 0.605. The van der Waals surface area contributed by atoms with Crippen LogP contribution in [0.15, 0.2) is 35.6 Å². The highest BCUT2D eigenvalue weighted by atomic mass is 127. The summed E-state index contributed by atoms with van der Waals surface area (Å²) in [5.74, 6) is 2.19. The van der Waals surface area contributed by atoms with Crippen LogP contribution in [-0.2, 0) is 19.5 Å². The lowest BCUT2D eigenvalue weighted by molar-refractivity contribution is 0.355. The minimum Gasteiger partial charge on any atom is -0.356 e. The van der Waals surface area contributed by atoms with Gasteiger partial charge in [-0.1, -0.05) is 44.4 Å². The van der Waals surface area contributed by atoms with E-state index in [1.165, 1.54) is 38.2 Å². The van der Waals surface area contributed by atoms with Gasteiger partial charge in [-0.2, -0.15) is 0 Å². The zero-order chi connectivity index (χ0) is 19.6. The molecule has 29 heavy (non-hydrogen) atoms. The Labute approximate surface area is 189 Å². The van der Waals surface area contributed by atoms with Crippen LogP contribution in [0.3, 0.4) is 0 Å². The molecule has 0 unspecified atom stereocenters. The maximum atomic E-state index is 13.9. The summed E-state index contributed by atoms with van der Waals surface area (Å²) in [7, 11) is 0. The molecular formula is C21H32FIN6. The highest BCUT2D eigenvalue weighted by Crippen LogP contribution is 2.22. The van der Waals surface area contributed by atoms with E-state index in [1.807, 2.05) is 10.6 Å². The Kier molecular flexibility index (Phi) is 10.4. The standard InChI is InChI=1S/C21H31FN6.HI/c1-2-20-27-26-16-28(20)13-12-23-21(24-14-17-8-4-3-5-9-17)25-15-18-10-6-7-11-19(18)22;/h6-7,10-11,16-17H,2-5,8-9,12-15H2,1H3,(H2,23,24,25);1H. The molecule has 1 aromatic carbocycles. The first-order chi connectivity index (χ1) is 13.8. The van der Waals surface area contributed by atoms with Crippen molar-refractivity contribution in [3.05, 3.63) is 47.8 Å². The van der Waals surface area contributed by atoms with Crippen molar-refractivity contribution in [1.29, 1.82) is 0 Å². The summed E-state index contributed by atoms with van der Waals surface area (Å²) in [6.45, 7) is 4.77. The van der Waals surface area contributed by atoms with Crippen LogP contribution in [0.5, 0.6) is 0 Å². The first kappa shape index (κ1) is 23.6. The number of rotatable bonds is 8. The number of benzene rings is 1. The zero-order valence-corrected chi connectivity index (χ0v) is 19.4. The van der Waals surface area contributed by atoms with Crippen LogP contribution in [0, 0.1) is 11.7 Å². The molecule has 2 aromatic rings. The molecule has 1 aliphatic carbocycles. The minimum atomic E-state index is -0.213. The number of hydrogen-bond acceptors (Lipinski definition) is 3. The Balaban J connectivity index is 0.00000300. The Hall–Kier alpha value is -1.71. The van der Waals surface area contributed by atoms with Gasteiger partial charge >= 0.3 is 0 Å². The van der Waals surface area contributed by atoms with Gasteiger partial charge in [-0.15, -0.1) is 34.2 Å². The van der Waals surface area contributed by atoms with E-state index >= 15 is 0 Å². The van der Waals surface area contributed by atoms with Crippen molar-refractivity contribution in [2.45, 2.75) is 58.5 Å². The van der Waals surface area contributed by atoms with Crippen molar-refractivity contribution >= 4 is 29.9 Å². The zero-order valence-electron chi connectivity index (χ0n) is 17.1. The number of halogens is 2. The highest BCUT2D eigenvalue weighted by molar-refractivity contribution is 14.0. The van der Waals surface area contributed by atoms with Crippen LogP contribution in [-0.4, -0.2) is 33.8 Å². The van der Waals surface area contributed by atoms with Crippen molar-refractivity contribution in [3.63, 3.8) is 0 Å². The quantitative estimate of drug-likeness (QED) is 0.319. The third kappa shape index (κ3) is 7.56. The summed E-state index contributed by atoms with van der Waals surface area (Å²) in [4.78, 5) is 4.61. The second-order valence-corrected chi connectivity index (χ2v) is 7.36. The summed E-state index contributed by atoms with van der Waals surface area (Å²) < 4.78 is 16.0. The van der Waals surface area contributed by atoms with E-state index < -0.39 is 0 Å². The largest absolute Gasteiger partial charge is 0.356 e. The van der Waals surface area contributed by atoms with Crippen molar-refractivity contribution < 1.29 is 4.39 Å². The molecule has 0 atom stereocenters. The lowest BCUT2D eigenvalue weighted by Gasteiger charge is -2.23. The molecule has 1 saturated carbocycles. The second-order valence-electron chi connectivity index (χ2n) is 7.36. The maximum Gasteiger partial charge on any atom is 0.191 e. The Bertz CT molecular complexity index is 757. The molecule has 1 aromatic heterocycles. The number of aryl methyl sites for hydroxylation is 1. The second kappa shape index (κ2) is 12.8. The van der Waals surface area contributed by atoms with E-state index in [-0.39, 0.29) is 29.8 Å². The predicted molar refractivity (Wildman–Crippen MR) is 125 cm³/mol. The van der Waals surface area contributed by atoms with Gasteiger partial charge in [0.2, 0.25) is 0 Å². The van der Waals surface area contributed by atoms with Crippen LogP contribution in [0.2, 0.25) is 0 Å².